The van der Waals surface area contributed by atoms with Crippen molar-refractivity contribution in [3.05, 3.63) is 88.0 Å². The number of anilines is 4. The van der Waals surface area contributed by atoms with Gasteiger partial charge in [0, 0.05) is 24.8 Å². The average molecular weight is 599 g/mol. The normalized spacial score (nSPS) is 15.3. The van der Waals surface area contributed by atoms with E-state index in [4.69, 9.17) is 10.5 Å². The number of fused-ring (bicyclic) bond motifs is 2. The molecule has 0 aliphatic carbocycles. The van der Waals surface area contributed by atoms with Crippen LogP contribution in [0.25, 0.3) is 16.0 Å². The Bertz CT molecular complexity index is 1870. The van der Waals surface area contributed by atoms with Crippen molar-refractivity contribution in [2.45, 2.75) is 18.9 Å². The highest BCUT2D eigenvalue weighted by atomic mass is 32.1. The molecule has 1 amide bonds. The van der Waals surface area contributed by atoms with Crippen LogP contribution in [0.4, 0.5) is 27.5 Å². The van der Waals surface area contributed by atoms with Crippen LogP contribution in [0.3, 0.4) is 0 Å². The first kappa shape index (κ1) is 26.8. The van der Waals surface area contributed by atoms with E-state index in [1.807, 2.05) is 53.4 Å². The minimum absolute atomic E-state index is 0.0563. The molecule has 43 heavy (non-hydrogen) atoms. The Morgan fingerprint density at radius 3 is 2.56 bits per heavy atom. The number of piperidine rings is 1. The predicted molar refractivity (Wildman–Crippen MR) is 163 cm³/mol. The Morgan fingerprint density at radius 1 is 1.02 bits per heavy atom. The molecule has 0 atom stereocenters. The highest BCUT2D eigenvalue weighted by molar-refractivity contribution is 7.20. The van der Waals surface area contributed by atoms with E-state index in [0.29, 0.717) is 71.7 Å². The number of carbonyl (C=O) groups is 1. The van der Waals surface area contributed by atoms with E-state index in [0.717, 1.165) is 23.8 Å². The molecule has 0 saturated carbocycles. The van der Waals surface area contributed by atoms with Crippen molar-refractivity contribution in [2.75, 3.05) is 41.8 Å². The van der Waals surface area contributed by atoms with Crippen molar-refractivity contribution < 1.29 is 13.9 Å². The number of hydrogen-bond donors (Lipinski definition) is 2. The number of carbonyl (C=O) groups excluding carboxylic acids is 1. The zero-order chi connectivity index (χ0) is 29.5. The van der Waals surface area contributed by atoms with Gasteiger partial charge in [-0.1, -0.05) is 18.2 Å². The topological polar surface area (TPSA) is 131 Å². The summed E-state index contributed by atoms with van der Waals surface area (Å²) < 4.78 is 20.6. The fraction of sp³-hybridized carbons (Fsp3) is 0.233. The monoisotopic (exact) mass is 598 g/mol. The van der Waals surface area contributed by atoms with Gasteiger partial charge in [0.15, 0.2) is 11.6 Å². The molecule has 1 saturated heterocycles. The lowest BCUT2D eigenvalue weighted by Crippen LogP contribution is -2.45. The molecule has 0 spiro atoms. The van der Waals surface area contributed by atoms with Gasteiger partial charge in [0.2, 0.25) is 5.95 Å². The zero-order valence-electron chi connectivity index (χ0n) is 22.9. The standard InChI is InChI=1S/C30H27FN8O3S/c31-18-16-33-30(34-17-18)37-10-8-19(9-11-37)35-27(40)25-15-23-28(43-25)36-26(32)29(41)39(23)21-6-7-24-22(14-21)38(12-13-42-24)20-4-2-1-3-5-20/h1-7,14-17,19H,8-13H2,(H2,32,36)(H,35,40). The number of nitrogens with two attached hydrogens (primary N) is 1. The molecule has 1 fully saturated rings. The molecule has 2 aromatic carbocycles. The Hall–Kier alpha value is -5.04. The number of hydrogen-bond acceptors (Lipinski definition) is 10. The summed E-state index contributed by atoms with van der Waals surface area (Å²) in [5, 5.41) is 3.10. The van der Waals surface area contributed by atoms with Crippen molar-refractivity contribution in [2.24, 2.45) is 0 Å². The van der Waals surface area contributed by atoms with Crippen LogP contribution in [0.1, 0.15) is 22.5 Å². The maximum absolute atomic E-state index is 13.4. The molecule has 7 rings (SSSR count). The molecule has 0 bridgehead atoms. The SMILES string of the molecule is Nc1nc2sc(C(=O)NC3CCN(c4ncc(F)cn4)CC3)cc2n(-c2ccc3c(c2)N(c2ccccc2)CCO3)c1=O. The van der Waals surface area contributed by atoms with Gasteiger partial charge in [-0.2, -0.15) is 0 Å². The van der Waals surface area contributed by atoms with E-state index in [2.05, 4.69) is 25.2 Å². The third-order valence-corrected chi connectivity index (χ3v) is 8.67. The second-order valence-corrected chi connectivity index (χ2v) is 11.4. The summed E-state index contributed by atoms with van der Waals surface area (Å²) in [6.45, 7) is 2.45. The van der Waals surface area contributed by atoms with Gasteiger partial charge < -0.3 is 25.6 Å². The summed E-state index contributed by atoms with van der Waals surface area (Å²) in [5.41, 5.74) is 8.55. The second kappa shape index (κ2) is 11.0. The van der Waals surface area contributed by atoms with Gasteiger partial charge in [-0.3, -0.25) is 14.2 Å². The van der Waals surface area contributed by atoms with Crippen LogP contribution in [-0.4, -0.2) is 57.7 Å². The summed E-state index contributed by atoms with van der Waals surface area (Å²) in [6, 6.07) is 17.2. The number of thiophene rings is 1. The fourth-order valence-electron chi connectivity index (χ4n) is 5.53. The van der Waals surface area contributed by atoms with Gasteiger partial charge in [-0.05, 0) is 49.2 Å². The molecular formula is C30H27FN8O3S. The van der Waals surface area contributed by atoms with Crippen LogP contribution in [0.15, 0.2) is 71.8 Å². The molecule has 11 nitrogen and oxygen atoms in total. The summed E-state index contributed by atoms with van der Waals surface area (Å²) in [6.07, 6.45) is 3.66. The number of rotatable bonds is 5. The van der Waals surface area contributed by atoms with Gasteiger partial charge in [-0.15, -0.1) is 11.3 Å². The number of aromatic nitrogens is 4. The van der Waals surface area contributed by atoms with Crippen LogP contribution in [0.5, 0.6) is 5.75 Å². The molecule has 5 heterocycles. The molecule has 3 aromatic heterocycles. The first-order chi connectivity index (χ1) is 20.9. The molecule has 3 N–H and O–H groups in total. The van der Waals surface area contributed by atoms with Gasteiger partial charge >= 0.3 is 0 Å². The minimum atomic E-state index is -0.481. The number of nitrogens with zero attached hydrogens (tertiary/aromatic N) is 6. The molecule has 0 radical (unpaired) electrons. The molecular weight excluding hydrogens is 571 g/mol. The average Bonchev–Trinajstić information content (AvgIpc) is 3.46. The maximum atomic E-state index is 13.4. The lowest BCUT2D eigenvalue weighted by molar-refractivity contribution is 0.0935. The van der Waals surface area contributed by atoms with Gasteiger partial charge in [0.25, 0.3) is 11.5 Å². The van der Waals surface area contributed by atoms with Crippen LogP contribution in [-0.2, 0) is 0 Å². The first-order valence-corrected chi connectivity index (χ1v) is 14.7. The minimum Gasteiger partial charge on any atom is -0.490 e. The van der Waals surface area contributed by atoms with E-state index in [-0.39, 0.29) is 17.8 Å². The van der Waals surface area contributed by atoms with Crippen LogP contribution in [0, 0.1) is 5.82 Å². The van der Waals surface area contributed by atoms with Crippen LogP contribution >= 0.6 is 11.3 Å². The Morgan fingerprint density at radius 2 is 1.79 bits per heavy atom. The van der Waals surface area contributed by atoms with Gasteiger partial charge in [0.05, 0.1) is 40.7 Å². The van der Waals surface area contributed by atoms with Crippen molar-refractivity contribution in [3.63, 3.8) is 0 Å². The highest BCUT2D eigenvalue weighted by Gasteiger charge is 2.25. The fourth-order valence-corrected chi connectivity index (χ4v) is 6.46. The van der Waals surface area contributed by atoms with Crippen LogP contribution in [0.2, 0.25) is 0 Å². The van der Waals surface area contributed by atoms with E-state index in [1.54, 1.807) is 6.07 Å². The van der Waals surface area contributed by atoms with E-state index in [9.17, 15) is 14.0 Å². The number of halogens is 1. The quantitative estimate of drug-likeness (QED) is 0.309. The molecule has 5 aromatic rings. The molecule has 0 unspecified atom stereocenters. The molecule has 218 valence electrons. The summed E-state index contributed by atoms with van der Waals surface area (Å²) in [4.78, 5) is 44.1. The third kappa shape index (κ3) is 5.12. The van der Waals surface area contributed by atoms with E-state index in [1.165, 1.54) is 15.9 Å². The van der Waals surface area contributed by atoms with Gasteiger partial charge in [0.1, 0.15) is 17.2 Å². The predicted octanol–water partition coefficient (Wildman–Crippen LogP) is 3.89. The number of benzene rings is 2. The number of nitrogens with one attached hydrogen (secondary N) is 1. The highest BCUT2D eigenvalue weighted by Crippen LogP contribution is 2.38. The lowest BCUT2D eigenvalue weighted by Gasteiger charge is -2.32. The maximum Gasteiger partial charge on any atom is 0.298 e. The van der Waals surface area contributed by atoms with Crippen molar-refractivity contribution in [1.82, 2.24) is 24.8 Å². The summed E-state index contributed by atoms with van der Waals surface area (Å²) >= 11 is 1.19. The lowest BCUT2D eigenvalue weighted by atomic mass is 10.1. The Labute approximate surface area is 249 Å². The van der Waals surface area contributed by atoms with Gasteiger partial charge in [-0.25, -0.2) is 19.3 Å². The summed E-state index contributed by atoms with van der Waals surface area (Å²) in [5.74, 6) is 0.313. The molecule has 2 aliphatic rings. The largest absolute Gasteiger partial charge is 0.490 e. The smallest absolute Gasteiger partial charge is 0.298 e. The van der Waals surface area contributed by atoms with Crippen molar-refractivity contribution >= 4 is 50.7 Å². The van der Waals surface area contributed by atoms with Crippen LogP contribution < -0.4 is 31.1 Å². The molecule has 2 aliphatic heterocycles. The van der Waals surface area contributed by atoms with Crippen molar-refractivity contribution in [1.29, 1.82) is 0 Å². The summed E-state index contributed by atoms with van der Waals surface area (Å²) in [7, 11) is 0. The number of ether oxygens (including phenoxy) is 1. The Kier molecular flexibility index (Phi) is 6.86. The number of amides is 1. The second-order valence-electron chi connectivity index (χ2n) is 10.4. The third-order valence-electron chi connectivity index (χ3n) is 7.65. The molecule has 13 heteroatoms. The van der Waals surface area contributed by atoms with E-state index >= 15 is 0 Å². The number of para-hydroxylation sites is 1. The zero-order valence-corrected chi connectivity index (χ0v) is 23.8. The van der Waals surface area contributed by atoms with E-state index < -0.39 is 11.4 Å². The number of nitrogen functional groups attached to an aromatic ring is 1. The Balaban J connectivity index is 1.15. The van der Waals surface area contributed by atoms with Crippen molar-refractivity contribution in [3.8, 4) is 11.4 Å². The first-order valence-electron chi connectivity index (χ1n) is 13.9.